The Bertz CT molecular complexity index is 903. The smallest absolute Gasteiger partial charge is 0.387 e. The number of halogens is 3. The number of benzene rings is 1. The molecule has 0 aliphatic heterocycles. The number of hydrogen-bond acceptors (Lipinski definition) is 4. The average molecular weight is 416 g/mol. The molecule has 1 unspecified atom stereocenters. The Kier molecular flexibility index (Phi) is 6.92. The van der Waals surface area contributed by atoms with Gasteiger partial charge in [-0.1, -0.05) is 41.9 Å². The Morgan fingerprint density at radius 1 is 1.32 bits per heavy atom. The molecule has 0 aromatic heterocycles. The van der Waals surface area contributed by atoms with Gasteiger partial charge in [0.25, 0.3) is 0 Å². The molecule has 28 heavy (non-hydrogen) atoms. The molecule has 0 heterocycles. The van der Waals surface area contributed by atoms with E-state index >= 15 is 0 Å². The minimum atomic E-state index is -5.54. The van der Waals surface area contributed by atoms with Crippen molar-refractivity contribution in [3.63, 3.8) is 0 Å². The maximum atomic E-state index is 12.7. The number of sulfonamides is 1. The van der Waals surface area contributed by atoms with E-state index in [0.717, 1.165) is 24.0 Å². The molecule has 1 aliphatic rings. The highest BCUT2D eigenvalue weighted by molar-refractivity contribution is 7.93. The molecule has 1 aliphatic carbocycles. The van der Waals surface area contributed by atoms with Gasteiger partial charge in [-0.25, -0.2) is 0 Å². The van der Waals surface area contributed by atoms with Crippen molar-refractivity contribution >= 4 is 21.4 Å². The summed E-state index contributed by atoms with van der Waals surface area (Å²) in [5.41, 5.74) is -3.41. The number of hydrogen-bond donors (Lipinski definition) is 1. The van der Waals surface area contributed by atoms with Gasteiger partial charge in [0.1, 0.15) is 0 Å². The van der Waals surface area contributed by atoms with Gasteiger partial charge >= 0.3 is 15.5 Å². The second kappa shape index (κ2) is 8.81. The second-order valence-electron chi connectivity index (χ2n) is 6.46. The number of nitrogens with zero attached hydrogens (tertiary/aromatic N) is 1. The van der Waals surface area contributed by atoms with Crippen molar-refractivity contribution in [3.8, 4) is 0 Å². The number of nitrogens with one attached hydrogen (secondary N) is 1. The van der Waals surface area contributed by atoms with Crippen LogP contribution in [0.5, 0.6) is 0 Å². The van der Waals surface area contributed by atoms with Crippen molar-refractivity contribution in [3.05, 3.63) is 53.1 Å². The molecule has 0 saturated heterocycles. The second-order valence-corrected chi connectivity index (χ2v) is 8.14. The number of oxime groups is 1. The zero-order valence-electron chi connectivity index (χ0n) is 15.9. The fraction of sp³-hybridized carbons (Fsp3) is 0.421. The summed E-state index contributed by atoms with van der Waals surface area (Å²) in [4.78, 5) is 5.61. The SMILES string of the molecule is CCC(O/N=C(\C)c1cc(C)ccc1NS(=O)(=O)C(F)(F)F)C1=CCCC=C1. The minimum absolute atomic E-state index is 0.211. The van der Waals surface area contributed by atoms with Crippen molar-refractivity contribution in [2.45, 2.75) is 51.6 Å². The summed E-state index contributed by atoms with van der Waals surface area (Å²) in [7, 11) is -5.54. The molecular formula is C19H23F3N2O3S. The molecule has 9 heteroatoms. The summed E-state index contributed by atoms with van der Waals surface area (Å²) in [6.45, 7) is 5.23. The van der Waals surface area contributed by atoms with E-state index in [1.54, 1.807) is 24.6 Å². The van der Waals surface area contributed by atoms with Gasteiger partial charge in [-0.05, 0) is 50.8 Å². The van der Waals surface area contributed by atoms with Gasteiger partial charge in [0, 0.05) is 5.56 Å². The monoisotopic (exact) mass is 416 g/mol. The quantitative estimate of drug-likeness (QED) is 0.499. The molecule has 0 amide bonds. The van der Waals surface area contributed by atoms with E-state index in [1.807, 2.05) is 19.1 Å². The molecule has 1 atom stereocenters. The standard InChI is InChI=1S/C19H23F3N2O3S/c1-4-18(15-8-6-5-7-9-15)27-23-14(3)16-12-13(2)10-11-17(16)24-28(25,26)19(20,21)22/h6,8-12,18,24H,4-5,7H2,1-3H3/b23-14+. The molecule has 0 bridgehead atoms. The van der Waals surface area contributed by atoms with E-state index in [2.05, 4.69) is 11.2 Å². The van der Waals surface area contributed by atoms with Crippen LogP contribution in [0.2, 0.25) is 0 Å². The minimum Gasteiger partial charge on any atom is -0.387 e. The first-order valence-corrected chi connectivity index (χ1v) is 10.3. The molecule has 5 nitrogen and oxygen atoms in total. The van der Waals surface area contributed by atoms with Gasteiger partial charge in [-0.15, -0.1) is 0 Å². The van der Waals surface area contributed by atoms with Gasteiger partial charge < -0.3 is 4.84 Å². The van der Waals surface area contributed by atoms with E-state index in [4.69, 9.17) is 4.84 Å². The number of rotatable bonds is 7. The van der Waals surface area contributed by atoms with Crippen LogP contribution in [-0.4, -0.2) is 25.7 Å². The summed E-state index contributed by atoms with van der Waals surface area (Å²) >= 11 is 0. The predicted molar refractivity (Wildman–Crippen MR) is 104 cm³/mol. The fourth-order valence-electron chi connectivity index (χ4n) is 2.68. The van der Waals surface area contributed by atoms with E-state index in [-0.39, 0.29) is 23.1 Å². The average Bonchev–Trinajstić information content (AvgIpc) is 2.63. The van der Waals surface area contributed by atoms with Gasteiger partial charge in [0.15, 0.2) is 6.10 Å². The van der Waals surface area contributed by atoms with E-state index in [1.165, 1.54) is 12.1 Å². The van der Waals surface area contributed by atoms with Crippen molar-refractivity contribution < 1.29 is 26.4 Å². The molecule has 1 N–H and O–H groups in total. The largest absolute Gasteiger partial charge is 0.516 e. The first-order valence-electron chi connectivity index (χ1n) is 8.82. The predicted octanol–water partition coefficient (Wildman–Crippen LogP) is 5.05. The van der Waals surface area contributed by atoms with Crippen LogP contribution in [0, 0.1) is 6.92 Å². The Labute approximate surface area is 163 Å². The van der Waals surface area contributed by atoms with Crippen molar-refractivity contribution in [1.82, 2.24) is 0 Å². The zero-order valence-corrected chi connectivity index (χ0v) is 16.7. The van der Waals surface area contributed by atoms with Crippen molar-refractivity contribution in [2.75, 3.05) is 4.72 Å². The summed E-state index contributed by atoms with van der Waals surface area (Å²) in [5, 5.41) is 4.06. The summed E-state index contributed by atoms with van der Waals surface area (Å²) in [6.07, 6.45) is 8.33. The normalized spacial score (nSPS) is 16.5. The van der Waals surface area contributed by atoms with E-state index in [9.17, 15) is 21.6 Å². The summed E-state index contributed by atoms with van der Waals surface area (Å²) in [6, 6.07) is 4.34. The van der Waals surface area contributed by atoms with Gasteiger partial charge in [-0.3, -0.25) is 4.72 Å². The number of alkyl halides is 3. The lowest BCUT2D eigenvalue weighted by Gasteiger charge is -2.18. The van der Waals surface area contributed by atoms with Gasteiger partial charge in [0.2, 0.25) is 0 Å². The van der Waals surface area contributed by atoms with Gasteiger partial charge in [-0.2, -0.15) is 21.6 Å². The maximum Gasteiger partial charge on any atom is 0.516 e. The molecule has 0 saturated carbocycles. The van der Waals surface area contributed by atoms with Crippen LogP contribution in [0.1, 0.15) is 44.2 Å². The number of aryl methyl sites for hydroxylation is 1. The molecule has 154 valence electrons. The van der Waals surface area contributed by atoms with Crippen molar-refractivity contribution in [2.24, 2.45) is 5.16 Å². The molecule has 1 aromatic rings. The topological polar surface area (TPSA) is 67.8 Å². The Morgan fingerprint density at radius 3 is 2.61 bits per heavy atom. The highest BCUT2D eigenvalue weighted by Crippen LogP contribution is 2.28. The van der Waals surface area contributed by atoms with Crippen LogP contribution >= 0.6 is 0 Å². The molecule has 0 radical (unpaired) electrons. The maximum absolute atomic E-state index is 12.7. The molecule has 0 fully saturated rings. The third kappa shape index (κ3) is 5.37. The number of anilines is 1. The lowest BCUT2D eigenvalue weighted by Crippen LogP contribution is -2.30. The molecule has 2 rings (SSSR count). The van der Waals surface area contributed by atoms with Crippen LogP contribution in [0.15, 0.2) is 47.2 Å². The van der Waals surface area contributed by atoms with Crippen LogP contribution in [0.25, 0.3) is 0 Å². The van der Waals surface area contributed by atoms with Gasteiger partial charge in [0.05, 0.1) is 11.4 Å². The Hall–Kier alpha value is -2.29. The van der Waals surface area contributed by atoms with Crippen LogP contribution in [-0.2, 0) is 14.9 Å². The first kappa shape index (κ1) is 22.0. The van der Waals surface area contributed by atoms with E-state index in [0.29, 0.717) is 6.42 Å². The van der Waals surface area contributed by atoms with Crippen LogP contribution in [0.3, 0.4) is 0 Å². The van der Waals surface area contributed by atoms with E-state index < -0.39 is 15.5 Å². The van der Waals surface area contributed by atoms with Crippen LogP contribution in [0.4, 0.5) is 18.9 Å². The first-order chi connectivity index (χ1) is 13.0. The third-order valence-electron chi connectivity index (χ3n) is 4.20. The lowest BCUT2D eigenvalue weighted by molar-refractivity contribution is -0.0429. The molecule has 1 aromatic carbocycles. The Balaban J connectivity index is 2.30. The summed E-state index contributed by atoms with van der Waals surface area (Å²) < 4.78 is 62.7. The lowest BCUT2D eigenvalue weighted by atomic mass is 10.0. The highest BCUT2D eigenvalue weighted by Gasteiger charge is 2.46. The Morgan fingerprint density at radius 2 is 2.04 bits per heavy atom. The van der Waals surface area contributed by atoms with Crippen LogP contribution < -0.4 is 4.72 Å². The molecular weight excluding hydrogens is 393 g/mol. The third-order valence-corrected chi connectivity index (χ3v) is 5.30. The number of allylic oxidation sites excluding steroid dienone is 2. The fourth-order valence-corrected chi connectivity index (χ4v) is 3.27. The summed E-state index contributed by atoms with van der Waals surface area (Å²) in [5.74, 6) is 0. The highest BCUT2D eigenvalue weighted by atomic mass is 32.2. The zero-order chi connectivity index (χ0) is 20.9. The molecule has 0 spiro atoms. The van der Waals surface area contributed by atoms with Crippen molar-refractivity contribution in [1.29, 1.82) is 0 Å².